The van der Waals surface area contributed by atoms with Gasteiger partial charge in [-0.25, -0.2) is 9.97 Å². The summed E-state index contributed by atoms with van der Waals surface area (Å²) in [7, 11) is 0. The van der Waals surface area contributed by atoms with Gasteiger partial charge in [-0.1, -0.05) is 41.2 Å². The number of hydrogen-bond acceptors (Lipinski definition) is 5. The molecule has 168 valence electrons. The molecular weight excluding hydrogens is 392 g/mol. The van der Waals surface area contributed by atoms with E-state index in [2.05, 4.69) is 61.4 Å². The maximum Gasteiger partial charge on any atom is 0.255 e. The molecule has 0 spiro atoms. The van der Waals surface area contributed by atoms with E-state index in [0.29, 0.717) is 48.8 Å². The van der Waals surface area contributed by atoms with Gasteiger partial charge in [0.05, 0.1) is 11.8 Å². The summed E-state index contributed by atoms with van der Waals surface area (Å²) in [6.07, 6.45) is 5.68. The minimum absolute atomic E-state index is 0.00736. The third kappa shape index (κ3) is 5.42. The van der Waals surface area contributed by atoms with Crippen LogP contribution in [0.5, 0.6) is 0 Å². The Morgan fingerprint density at radius 1 is 1.35 bits per heavy atom. The number of nitrogens with zero attached hydrogens (tertiary/aromatic N) is 4. The van der Waals surface area contributed by atoms with Crippen LogP contribution in [0, 0.1) is 11.3 Å². The molecule has 0 saturated carbocycles. The van der Waals surface area contributed by atoms with Gasteiger partial charge in [-0.15, -0.1) is 0 Å². The summed E-state index contributed by atoms with van der Waals surface area (Å²) < 4.78 is 0. The lowest BCUT2D eigenvalue weighted by atomic mass is 9.97. The zero-order valence-electron chi connectivity index (χ0n) is 19.2. The minimum atomic E-state index is -0.160. The summed E-state index contributed by atoms with van der Waals surface area (Å²) in [5.74, 6) is 0.986. The quantitative estimate of drug-likeness (QED) is 0.693. The predicted octanol–water partition coefficient (Wildman–Crippen LogP) is 2.98. The van der Waals surface area contributed by atoms with Crippen LogP contribution in [-0.4, -0.2) is 63.9 Å². The topological polar surface area (TPSA) is 94.2 Å². The Balaban J connectivity index is 1.83. The zero-order valence-corrected chi connectivity index (χ0v) is 19.2. The molecule has 31 heavy (non-hydrogen) atoms. The van der Waals surface area contributed by atoms with Gasteiger partial charge in [0.25, 0.3) is 5.91 Å². The molecular formula is C23H34N6O2. The van der Waals surface area contributed by atoms with E-state index in [1.165, 1.54) is 6.08 Å². The van der Waals surface area contributed by atoms with E-state index in [-0.39, 0.29) is 23.3 Å². The van der Waals surface area contributed by atoms with Gasteiger partial charge < -0.3 is 20.1 Å². The standard InChI is InChI=1S/C23H34N6O2/c1-7-19(30)29-9-8-28(13-16(29)10-15(2)3)18-12-25-21-20(27-18)17(11-24-21)22(31)26-14-23(4,5)6/h7,11-12,15-16H,1,8-10,13-14H2,2-6H3,(H,24,25)(H,26,31)/t16-/m0/s1. The van der Waals surface area contributed by atoms with Crippen molar-refractivity contribution >= 4 is 28.8 Å². The fraction of sp³-hybridized carbons (Fsp3) is 0.565. The lowest BCUT2D eigenvalue weighted by Gasteiger charge is -2.42. The molecule has 8 nitrogen and oxygen atoms in total. The van der Waals surface area contributed by atoms with E-state index in [4.69, 9.17) is 4.98 Å². The number of carbonyl (C=O) groups is 2. The van der Waals surface area contributed by atoms with Crippen molar-refractivity contribution in [1.82, 2.24) is 25.2 Å². The van der Waals surface area contributed by atoms with E-state index in [1.807, 2.05) is 4.90 Å². The SMILES string of the molecule is C=CC(=O)N1CCN(c2cnc3[nH]cc(C(=O)NCC(C)(C)C)c3n2)C[C@@H]1CC(C)C. The van der Waals surface area contributed by atoms with Crippen LogP contribution in [0.15, 0.2) is 25.0 Å². The van der Waals surface area contributed by atoms with Gasteiger partial charge >= 0.3 is 0 Å². The van der Waals surface area contributed by atoms with E-state index >= 15 is 0 Å². The van der Waals surface area contributed by atoms with Gasteiger partial charge in [-0.3, -0.25) is 9.59 Å². The number of H-pyrrole nitrogens is 1. The average molecular weight is 427 g/mol. The van der Waals surface area contributed by atoms with Crippen LogP contribution in [0.25, 0.3) is 11.2 Å². The number of hydrogen-bond donors (Lipinski definition) is 2. The van der Waals surface area contributed by atoms with Crippen molar-refractivity contribution < 1.29 is 9.59 Å². The minimum Gasteiger partial charge on any atom is -0.351 e. The summed E-state index contributed by atoms with van der Waals surface area (Å²) in [6, 6.07) is 0.0810. The van der Waals surface area contributed by atoms with Gasteiger partial charge in [-0.2, -0.15) is 0 Å². The van der Waals surface area contributed by atoms with Gasteiger partial charge in [0.15, 0.2) is 5.65 Å². The summed E-state index contributed by atoms with van der Waals surface area (Å²) in [5, 5.41) is 2.98. The summed E-state index contributed by atoms with van der Waals surface area (Å²) in [6.45, 7) is 16.7. The summed E-state index contributed by atoms with van der Waals surface area (Å²) in [5.41, 5.74) is 1.64. The predicted molar refractivity (Wildman–Crippen MR) is 123 cm³/mol. The molecule has 1 aliphatic heterocycles. The van der Waals surface area contributed by atoms with Crippen molar-refractivity contribution in [1.29, 1.82) is 0 Å². The van der Waals surface area contributed by atoms with Gasteiger partial charge in [0.1, 0.15) is 11.3 Å². The molecule has 1 fully saturated rings. The molecule has 1 atom stereocenters. The third-order valence-corrected chi connectivity index (χ3v) is 5.40. The lowest BCUT2D eigenvalue weighted by molar-refractivity contribution is -0.129. The van der Waals surface area contributed by atoms with Gasteiger partial charge in [0.2, 0.25) is 5.91 Å². The van der Waals surface area contributed by atoms with Crippen LogP contribution in [0.3, 0.4) is 0 Å². The first kappa shape index (κ1) is 22.8. The van der Waals surface area contributed by atoms with Crippen LogP contribution in [0.4, 0.5) is 5.82 Å². The third-order valence-electron chi connectivity index (χ3n) is 5.40. The van der Waals surface area contributed by atoms with Crippen molar-refractivity contribution in [3.8, 4) is 0 Å². The number of piperazine rings is 1. The Labute approximate surface area is 184 Å². The zero-order chi connectivity index (χ0) is 22.8. The first-order valence-electron chi connectivity index (χ1n) is 10.9. The van der Waals surface area contributed by atoms with Crippen molar-refractivity contribution in [2.45, 2.75) is 47.1 Å². The highest BCUT2D eigenvalue weighted by atomic mass is 16.2. The van der Waals surface area contributed by atoms with Crippen molar-refractivity contribution in [3.05, 3.63) is 30.6 Å². The highest BCUT2D eigenvalue weighted by Crippen LogP contribution is 2.24. The largest absolute Gasteiger partial charge is 0.351 e. The number of fused-ring (bicyclic) bond motifs is 1. The second-order valence-corrected chi connectivity index (χ2v) is 9.84. The molecule has 2 aromatic heterocycles. The molecule has 0 unspecified atom stereocenters. The number of nitrogens with one attached hydrogen (secondary N) is 2. The molecule has 0 aromatic carbocycles. The normalized spacial score (nSPS) is 17.3. The number of amides is 2. The molecule has 0 bridgehead atoms. The molecule has 1 saturated heterocycles. The second kappa shape index (κ2) is 9.08. The number of rotatable bonds is 6. The molecule has 0 aliphatic carbocycles. The molecule has 0 radical (unpaired) electrons. The molecule has 2 aromatic rings. The smallest absolute Gasteiger partial charge is 0.255 e. The Morgan fingerprint density at radius 3 is 2.74 bits per heavy atom. The van der Waals surface area contributed by atoms with E-state index in [9.17, 15) is 9.59 Å². The van der Waals surface area contributed by atoms with E-state index in [1.54, 1.807) is 12.4 Å². The van der Waals surface area contributed by atoms with Gasteiger partial charge in [0, 0.05) is 38.4 Å². The second-order valence-electron chi connectivity index (χ2n) is 9.84. The number of carbonyl (C=O) groups excluding carboxylic acids is 2. The van der Waals surface area contributed by atoms with Crippen molar-refractivity contribution in [3.63, 3.8) is 0 Å². The van der Waals surface area contributed by atoms with E-state index in [0.717, 1.165) is 12.2 Å². The first-order valence-corrected chi connectivity index (χ1v) is 10.9. The summed E-state index contributed by atoms with van der Waals surface area (Å²) in [4.78, 5) is 41.4. The number of aromatic nitrogens is 3. The van der Waals surface area contributed by atoms with Crippen LogP contribution in [-0.2, 0) is 4.79 Å². The molecule has 1 aliphatic rings. The van der Waals surface area contributed by atoms with Crippen LogP contribution < -0.4 is 10.2 Å². The number of anilines is 1. The first-order chi connectivity index (χ1) is 14.6. The van der Waals surface area contributed by atoms with Crippen LogP contribution in [0.2, 0.25) is 0 Å². The highest BCUT2D eigenvalue weighted by Gasteiger charge is 2.31. The maximum atomic E-state index is 12.7. The fourth-order valence-electron chi connectivity index (χ4n) is 3.86. The Bertz CT molecular complexity index is 959. The van der Waals surface area contributed by atoms with Crippen LogP contribution >= 0.6 is 0 Å². The molecule has 3 rings (SSSR count). The Hall–Kier alpha value is -2.90. The highest BCUT2D eigenvalue weighted by molar-refractivity contribution is 6.04. The maximum absolute atomic E-state index is 12.7. The molecule has 2 amide bonds. The van der Waals surface area contributed by atoms with Crippen molar-refractivity contribution in [2.24, 2.45) is 11.3 Å². The number of aromatic amines is 1. The Kier molecular flexibility index (Phi) is 6.67. The monoisotopic (exact) mass is 426 g/mol. The molecule has 2 N–H and O–H groups in total. The van der Waals surface area contributed by atoms with Gasteiger partial charge in [-0.05, 0) is 23.8 Å². The lowest BCUT2D eigenvalue weighted by Crippen LogP contribution is -2.55. The molecule has 3 heterocycles. The van der Waals surface area contributed by atoms with Crippen molar-refractivity contribution in [2.75, 3.05) is 31.1 Å². The molecule has 8 heteroatoms. The Morgan fingerprint density at radius 2 is 2.10 bits per heavy atom. The summed E-state index contributed by atoms with van der Waals surface area (Å²) >= 11 is 0. The fourth-order valence-corrected chi connectivity index (χ4v) is 3.86. The van der Waals surface area contributed by atoms with Crippen LogP contribution in [0.1, 0.15) is 51.4 Å². The average Bonchev–Trinajstić information content (AvgIpc) is 3.13. The van der Waals surface area contributed by atoms with E-state index < -0.39 is 0 Å².